The van der Waals surface area contributed by atoms with E-state index < -0.39 is 19.7 Å². The average molecular weight is 1130 g/mol. The van der Waals surface area contributed by atoms with Gasteiger partial charge >= 0.3 is 53.9 Å². The second-order valence-electron chi connectivity index (χ2n) is 17.2. The Hall–Kier alpha value is -6.86. The molecular weight excluding hydrogens is 1070 g/mol. The Morgan fingerprint density at radius 1 is 0.679 bits per heavy atom. The van der Waals surface area contributed by atoms with E-state index in [2.05, 4.69) is 37.7 Å². The van der Waals surface area contributed by atoms with Crippen LogP contribution in [0.1, 0.15) is 93.9 Å². The standard InChI is InChI=1S/C25H30FN5O3S.C23H26FN5O3S.2CO2.CH4O.Na.H2O/c1-4-6-21(18-11-12-27-24(14-18)35(3,33)34)29-25(32)30-16-17(5-2)13-22-23(30)15-28-31(22)20-9-7-19(26)8-10-20;1-3-5-19(16-11-12-25-22(14-16)33(2,31)32)27-23(30)28-13-4-6-20-21(28)15-26-29(20)18-9-7-17(24)8-10-18;2*2-1-3;1-2;;/h7-12,14-15,17,21H,4-6,13,16H2,1-3H3,(H,29,32);7-12,14-15,19H,3-6,13H2,1-2H3,(H,27,30);;;2H,1H3;;1H2/q;;;;;+1;/p-1/t17?,21-;19-;;;;;/m00...../s1. The molecule has 0 bridgehead atoms. The first-order valence-electron chi connectivity index (χ1n) is 23.9. The molecule has 2 aliphatic rings. The maximum absolute atomic E-state index is 13.5. The Kier molecular flexibility index (Phi) is 27.7. The van der Waals surface area contributed by atoms with Gasteiger partial charge in [-0.05, 0) is 122 Å². The second-order valence-corrected chi connectivity index (χ2v) is 21.1. The van der Waals surface area contributed by atoms with Gasteiger partial charge in [0.25, 0.3) is 0 Å². The van der Waals surface area contributed by atoms with Crippen LogP contribution in [0.4, 0.5) is 29.7 Å². The van der Waals surface area contributed by atoms with E-state index in [9.17, 15) is 35.2 Å². The van der Waals surface area contributed by atoms with Gasteiger partial charge in [0.2, 0.25) is 0 Å². The topological polar surface area (TPSA) is 313 Å². The van der Waals surface area contributed by atoms with Crippen LogP contribution in [0.2, 0.25) is 0 Å². The zero-order valence-corrected chi connectivity index (χ0v) is 47.8. The molecule has 0 aliphatic carbocycles. The first-order valence-corrected chi connectivity index (χ1v) is 27.7. The molecule has 0 spiro atoms. The van der Waals surface area contributed by atoms with E-state index in [1.165, 1.54) is 48.8 Å². The molecule has 0 radical (unpaired) electrons. The largest absolute Gasteiger partial charge is 1.00 e. The maximum atomic E-state index is 13.5. The molecule has 22 nitrogen and oxygen atoms in total. The number of hydrogen-bond donors (Lipinski definition) is 3. The second kappa shape index (κ2) is 32.1. The number of anilines is 2. The van der Waals surface area contributed by atoms with Crippen LogP contribution in [0.3, 0.4) is 0 Å². The van der Waals surface area contributed by atoms with E-state index in [1.54, 1.807) is 68.0 Å². The van der Waals surface area contributed by atoms with E-state index in [4.69, 9.17) is 24.3 Å². The number of fused-ring (bicyclic) bond motifs is 2. The summed E-state index contributed by atoms with van der Waals surface area (Å²) in [5.41, 5.74) is 6.08. The predicted molar refractivity (Wildman–Crippen MR) is 275 cm³/mol. The molecule has 78 heavy (non-hydrogen) atoms. The van der Waals surface area contributed by atoms with E-state index in [0.717, 1.165) is 86.6 Å². The van der Waals surface area contributed by atoms with Gasteiger partial charge in [-0.2, -0.15) is 29.4 Å². The molecule has 4 N–H and O–H groups in total. The van der Waals surface area contributed by atoms with Gasteiger partial charge in [-0.3, -0.25) is 9.80 Å². The van der Waals surface area contributed by atoms with Crippen molar-refractivity contribution >= 4 is 55.4 Å². The third-order valence-corrected chi connectivity index (χ3v) is 14.0. The molecule has 6 aromatic rings. The zero-order valence-electron chi connectivity index (χ0n) is 44.2. The van der Waals surface area contributed by atoms with Gasteiger partial charge < -0.3 is 21.2 Å². The van der Waals surface area contributed by atoms with Gasteiger partial charge in [0.15, 0.2) is 29.7 Å². The summed E-state index contributed by atoms with van der Waals surface area (Å²) >= 11 is 0. The van der Waals surface area contributed by atoms with Crippen LogP contribution in [0, 0.1) is 17.6 Å². The molecule has 4 amide bonds. The molecule has 2 aliphatic heterocycles. The summed E-state index contributed by atoms with van der Waals surface area (Å²) in [6.07, 6.45) is 15.0. The minimum atomic E-state index is -3.47. The molecule has 4 aromatic heterocycles. The number of aliphatic hydroxyl groups is 1. The maximum Gasteiger partial charge on any atom is 1.00 e. The Balaban J connectivity index is 0.000000461. The Labute approximate surface area is 473 Å². The van der Waals surface area contributed by atoms with Gasteiger partial charge in [-0.15, -0.1) is 0 Å². The fourth-order valence-corrected chi connectivity index (χ4v) is 9.68. The van der Waals surface area contributed by atoms with Crippen LogP contribution in [0.5, 0.6) is 0 Å². The Morgan fingerprint density at radius 3 is 1.47 bits per heavy atom. The van der Waals surface area contributed by atoms with Crippen molar-refractivity contribution in [3.63, 3.8) is 0 Å². The number of carbonyl (C=O) groups excluding carboxylic acids is 6. The average Bonchev–Trinajstić information content (AvgIpc) is 4.04. The summed E-state index contributed by atoms with van der Waals surface area (Å²) < 4.78 is 78.1. The van der Waals surface area contributed by atoms with Crippen LogP contribution in [-0.2, 0) is 51.7 Å². The third kappa shape index (κ3) is 18.1. The third-order valence-electron chi connectivity index (χ3n) is 12.0. The number of sulfone groups is 2. The van der Waals surface area contributed by atoms with Crippen LogP contribution in [-0.4, -0.2) is 114 Å². The molecule has 1 unspecified atom stereocenters. The first kappa shape index (κ1) is 67.3. The minimum Gasteiger partial charge on any atom is -0.870 e. The summed E-state index contributed by atoms with van der Waals surface area (Å²) in [5.74, 6) is -0.399. The number of pyridine rings is 2. The molecule has 8 rings (SSSR count). The number of nitrogens with zero attached hydrogens (tertiary/aromatic N) is 8. The van der Waals surface area contributed by atoms with Gasteiger partial charge in [0.05, 0.1) is 58.6 Å². The van der Waals surface area contributed by atoms with Crippen molar-refractivity contribution in [3.05, 3.63) is 132 Å². The molecular formula is C51H61F2N10NaO12S2. The number of benzene rings is 2. The number of aromatic nitrogens is 6. The minimum absolute atomic E-state index is 0. The smallest absolute Gasteiger partial charge is 0.870 e. The van der Waals surface area contributed by atoms with Crippen LogP contribution in [0.25, 0.3) is 11.4 Å². The summed E-state index contributed by atoms with van der Waals surface area (Å²) in [6.45, 7) is 7.19. The number of nitrogens with one attached hydrogen (secondary N) is 2. The van der Waals surface area contributed by atoms with E-state index >= 15 is 0 Å². The number of halogens is 2. The number of amides is 4. The van der Waals surface area contributed by atoms with Crippen molar-refractivity contribution in [1.82, 2.24) is 40.2 Å². The summed E-state index contributed by atoms with van der Waals surface area (Å²) in [7, 11) is -5.93. The van der Waals surface area contributed by atoms with Gasteiger partial charge in [-0.1, -0.05) is 40.0 Å². The van der Waals surface area contributed by atoms with Gasteiger partial charge in [0.1, 0.15) is 11.6 Å². The SMILES string of the molecule is CCC[C@H](NC(=O)N1CC(CC)Cc2c1cnn2-c1ccc(F)cc1)c1ccnc(S(C)(=O)=O)c1.CCC[C@H](NC(=O)N1CCCc2c1cnn2-c1ccc(F)cc1)c1ccnc(S(C)(=O)=O)c1.CO.O=C=O.O=C=O.[Na+].[OH-]. The molecule has 0 saturated carbocycles. The van der Waals surface area contributed by atoms with Crippen LogP contribution >= 0.6 is 0 Å². The molecule has 414 valence electrons. The van der Waals surface area contributed by atoms with Crippen molar-refractivity contribution in [2.24, 2.45) is 5.92 Å². The van der Waals surface area contributed by atoms with Crippen LogP contribution < -0.4 is 50.0 Å². The van der Waals surface area contributed by atoms with Crippen molar-refractivity contribution in [3.8, 4) is 11.4 Å². The number of hydrogen-bond acceptors (Lipinski definition) is 16. The molecule has 0 fully saturated rings. The summed E-state index contributed by atoms with van der Waals surface area (Å²) in [5, 5.41) is 22.1. The first-order chi connectivity index (χ1) is 36.3. The van der Waals surface area contributed by atoms with Crippen molar-refractivity contribution in [2.75, 3.05) is 42.5 Å². The zero-order chi connectivity index (χ0) is 56.2. The fourth-order valence-electron chi connectivity index (χ4n) is 8.48. The van der Waals surface area contributed by atoms with Crippen molar-refractivity contribution < 1.29 is 94.5 Å². The van der Waals surface area contributed by atoms with E-state index in [0.29, 0.717) is 42.7 Å². The Morgan fingerprint density at radius 2 is 1.08 bits per heavy atom. The quantitative estimate of drug-likeness (QED) is 0.139. The molecule has 27 heteroatoms. The van der Waals surface area contributed by atoms with E-state index in [-0.39, 0.29) is 99.1 Å². The normalized spacial score (nSPS) is 13.9. The molecule has 2 aromatic carbocycles. The van der Waals surface area contributed by atoms with Gasteiger partial charge in [0, 0.05) is 45.1 Å². The number of aliphatic hydroxyl groups excluding tert-OH is 1. The summed E-state index contributed by atoms with van der Waals surface area (Å²) in [6, 6.07) is 17.4. The van der Waals surface area contributed by atoms with E-state index in [1.807, 2.05) is 13.8 Å². The number of rotatable bonds is 13. The van der Waals surface area contributed by atoms with Crippen molar-refractivity contribution in [2.45, 2.75) is 94.3 Å². The molecule has 6 heterocycles. The summed E-state index contributed by atoms with van der Waals surface area (Å²) in [4.78, 5) is 70.6. The predicted octanol–water partition coefficient (Wildman–Crippen LogP) is 3.53. The van der Waals surface area contributed by atoms with Crippen molar-refractivity contribution in [1.29, 1.82) is 0 Å². The number of urea groups is 2. The number of carbonyl (C=O) groups is 2. The van der Waals surface area contributed by atoms with Gasteiger partial charge in [-0.25, -0.2) is 54.5 Å². The fraction of sp³-hybridized carbons (Fsp3) is 0.373. The van der Waals surface area contributed by atoms with Crippen LogP contribution in [0.15, 0.2) is 108 Å². The Bertz CT molecular complexity index is 3180. The molecule has 3 atom stereocenters. The monoisotopic (exact) mass is 1130 g/mol. The molecule has 0 saturated heterocycles.